The molecule has 1 aliphatic carbocycles. The molecule has 2 amide bonds. The highest BCUT2D eigenvalue weighted by Crippen LogP contribution is 2.34. The van der Waals surface area contributed by atoms with Crippen molar-refractivity contribution in [3.63, 3.8) is 0 Å². The molecule has 13 heteroatoms. The minimum absolute atomic E-state index is 0.0160. The Kier molecular flexibility index (Phi) is 11.7. The summed E-state index contributed by atoms with van der Waals surface area (Å²) in [5, 5.41) is 6.74. The highest BCUT2D eigenvalue weighted by atomic mass is 16.2. The van der Waals surface area contributed by atoms with Crippen molar-refractivity contribution in [1.82, 2.24) is 29.7 Å². The average Bonchev–Trinajstić information content (AvgIpc) is 3.56. The molecule has 0 spiro atoms. The predicted molar refractivity (Wildman–Crippen MR) is 174 cm³/mol. The Morgan fingerprint density at radius 1 is 1.00 bits per heavy atom. The van der Waals surface area contributed by atoms with Crippen LogP contribution in [0.3, 0.4) is 0 Å². The molecule has 4 N–H and O–H groups in total. The van der Waals surface area contributed by atoms with Crippen LogP contribution in [0.2, 0.25) is 0 Å². The lowest BCUT2D eigenvalue weighted by atomic mass is 9.95. The van der Waals surface area contributed by atoms with Gasteiger partial charge in [0.2, 0.25) is 17.8 Å². The zero-order valence-electron chi connectivity index (χ0n) is 26.7. The second-order valence-corrected chi connectivity index (χ2v) is 11.9. The van der Waals surface area contributed by atoms with Crippen molar-refractivity contribution in [3.8, 4) is 0 Å². The number of fused-ring (bicyclic) bond motifs is 3. The van der Waals surface area contributed by atoms with Crippen molar-refractivity contribution >= 4 is 52.4 Å². The standard InChI is InChI=1S/C27H32N8O3.C3H6O.C2H7N/c28-12-25(38)34-19-6-7-21(34)15-33(24(37)11-19)20-8-9-23(29-14-20)31-27-30-13-17-10-22(16-36)35(26(17)32-27)18-4-2-1-3-5-18;1-3(2)4;1-3-2/h8-10,13-14,16,18-19,21H,1-7,11-12,15,28H2,(H,29,30,31,32);1-2H3;3H,1-2H3. The molecule has 2 unspecified atom stereocenters. The second-order valence-electron chi connectivity index (χ2n) is 11.9. The number of hydrogen-bond donors (Lipinski definition) is 3. The van der Waals surface area contributed by atoms with Crippen molar-refractivity contribution in [1.29, 1.82) is 0 Å². The first-order chi connectivity index (χ1) is 21.7. The van der Waals surface area contributed by atoms with E-state index in [9.17, 15) is 19.2 Å². The van der Waals surface area contributed by atoms with Gasteiger partial charge in [0.1, 0.15) is 17.2 Å². The summed E-state index contributed by atoms with van der Waals surface area (Å²) in [6, 6.07) is 5.63. The first-order valence-electron chi connectivity index (χ1n) is 15.6. The van der Waals surface area contributed by atoms with E-state index in [1.165, 1.54) is 20.3 Å². The number of hydrogen-bond acceptors (Lipinski definition) is 10. The summed E-state index contributed by atoms with van der Waals surface area (Å²) < 4.78 is 2.06. The van der Waals surface area contributed by atoms with Gasteiger partial charge in [-0.3, -0.25) is 14.4 Å². The molecular formula is C32H45N9O4. The van der Waals surface area contributed by atoms with Gasteiger partial charge in [0.15, 0.2) is 6.29 Å². The normalized spacial score (nSPS) is 19.6. The Bertz CT molecular complexity index is 1480. The lowest BCUT2D eigenvalue weighted by molar-refractivity contribution is -0.132. The molecule has 13 nitrogen and oxygen atoms in total. The number of nitrogens with two attached hydrogens (primary N) is 1. The second kappa shape index (κ2) is 15.7. The van der Waals surface area contributed by atoms with Crippen LogP contribution in [0, 0.1) is 0 Å². The zero-order valence-corrected chi connectivity index (χ0v) is 26.7. The molecule has 2 aliphatic heterocycles. The topological polar surface area (TPSA) is 168 Å². The molecule has 0 aromatic carbocycles. The number of Topliss-reactive ketones (excluding diaryl/α,β-unsaturated/α-hetero) is 1. The number of amides is 2. The molecule has 3 fully saturated rings. The maximum atomic E-state index is 13.0. The minimum atomic E-state index is -0.100. The van der Waals surface area contributed by atoms with Gasteiger partial charge in [-0.25, -0.2) is 9.97 Å². The molecule has 2 bridgehead atoms. The summed E-state index contributed by atoms with van der Waals surface area (Å²) in [6.07, 6.45) is 11.9. The van der Waals surface area contributed by atoms with E-state index in [0.29, 0.717) is 36.1 Å². The van der Waals surface area contributed by atoms with Gasteiger partial charge in [0.25, 0.3) is 0 Å². The number of pyridine rings is 1. The van der Waals surface area contributed by atoms with E-state index in [1.807, 2.05) is 31.1 Å². The van der Waals surface area contributed by atoms with Crippen LogP contribution in [0.1, 0.15) is 81.7 Å². The van der Waals surface area contributed by atoms with Gasteiger partial charge in [0, 0.05) is 36.6 Å². The first kappa shape index (κ1) is 33.7. The third-order valence-corrected chi connectivity index (χ3v) is 8.15. The van der Waals surface area contributed by atoms with Gasteiger partial charge < -0.3 is 35.5 Å². The Morgan fingerprint density at radius 3 is 2.31 bits per heavy atom. The van der Waals surface area contributed by atoms with Gasteiger partial charge in [-0.15, -0.1) is 0 Å². The lowest BCUT2D eigenvalue weighted by Gasteiger charge is -2.28. The van der Waals surface area contributed by atoms with E-state index in [-0.39, 0.29) is 42.3 Å². The minimum Gasteiger partial charge on any atom is -0.333 e. The number of rotatable bonds is 6. The van der Waals surface area contributed by atoms with E-state index < -0.39 is 0 Å². The fourth-order valence-electron chi connectivity index (χ4n) is 6.36. The molecule has 3 aromatic rings. The smallest absolute Gasteiger partial charge is 0.236 e. The molecule has 3 aliphatic rings. The Labute approximate surface area is 264 Å². The Morgan fingerprint density at radius 2 is 1.69 bits per heavy atom. The van der Waals surface area contributed by atoms with Gasteiger partial charge in [0.05, 0.1) is 30.2 Å². The molecule has 3 aromatic heterocycles. The van der Waals surface area contributed by atoms with E-state index in [2.05, 4.69) is 25.2 Å². The van der Waals surface area contributed by atoms with E-state index in [4.69, 9.17) is 10.7 Å². The van der Waals surface area contributed by atoms with Crippen LogP contribution in [-0.2, 0) is 14.4 Å². The van der Waals surface area contributed by atoms with E-state index >= 15 is 0 Å². The predicted octanol–water partition coefficient (Wildman–Crippen LogP) is 3.37. The van der Waals surface area contributed by atoms with Crippen LogP contribution in [0.25, 0.3) is 11.0 Å². The zero-order chi connectivity index (χ0) is 32.5. The Balaban J connectivity index is 0.000000601. The summed E-state index contributed by atoms with van der Waals surface area (Å²) in [5.74, 6) is 0.988. The van der Waals surface area contributed by atoms with Gasteiger partial charge in [-0.1, -0.05) is 19.3 Å². The first-order valence-corrected chi connectivity index (χ1v) is 15.6. The number of nitrogens with one attached hydrogen (secondary N) is 2. The monoisotopic (exact) mass is 619 g/mol. The molecule has 0 radical (unpaired) electrons. The molecule has 242 valence electrons. The number of carbonyl (C=O) groups is 4. The average molecular weight is 620 g/mol. The Hall–Kier alpha value is -4.23. The van der Waals surface area contributed by atoms with Crippen LogP contribution in [-0.4, -0.2) is 87.6 Å². The summed E-state index contributed by atoms with van der Waals surface area (Å²) in [4.78, 5) is 63.8. The number of aldehydes is 1. The lowest BCUT2D eigenvalue weighted by Crippen LogP contribution is -2.45. The summed E-state index contributed by atoms with van der Waals surface area (Å²) in [7, 11) is 3.75. The van der Waals surface area contributed by atoms with Gasteiger partial charge >= 0.3 is 0 Å². The van der Waals surface area contributed by atoms with Crippen LogP contribution >= 0.6 is 0 Å². The number of nitrogens with zero attached hydrogens (tertiary/aromatic N) is 6. The van der Waals surface area contributed by atoms with Crippen LogP contribution in [0.5, 0.6) is 0 Å². The molecular weight excluding hydrogens is 574 g/mol. The maximum absolute atomic E-state index is 13.0. The van der Waals surface area contributed by atoms with Crippen molar-refractivity contribution < 1.29 is 19.2 Å². The summed E-state index contributed by atoms with van der Waals surface area (Å²) >= 11 is 0. The van der Waals surface area contributed by atoms with Crippen LogP contribution < -0.4 is 21.3 Å². The van der Waals surface area contributed by atoms with E-state index in [1.54, 1.807) is 23.4 Å². The largest absolute Gasteiger partial charge is 0.333 e. The fourth-order valence-corrected chi connectivity index (χ4v) is 6.36. The number of ketones is 1. The maximum Gasteiger partial charge on any atom is 0.236 e. The third-order valence-electron chi connectivity index (χ3n) is 8.15. The molecule has 45 heavy (non-hydrogen) atoms. The van der Waals surface area contributed by atoms with Crippen molar-refractivity contribution in [2.24, 2.45) is 5.73 Å². The van der Waals surface area contributed by atoms with Crippen LogP contribution in [0.15, 0.2) is 30.6 Å². The molecule has 5 heterocycles. The summed E-state index contributed by atoms with van der Waals surface area (Å²) in [5.41, 5.74) is 7.68. The van der Waals surface area contributed by atoms with Crippen molar-refractivity contribution in [2.75, 3.05) is 37.4 Å². The molecule has 1 saturated carbocycles. The number of anilines is 3. The van der Waals surface area contributed by atoms with Crippen molar-refractivity contribution in [2.45, 2.75) is 83.3 Å². The molecule has 2 atom stereocenters. The quantitative estimate of drug-likeness (QED) is 0.348. The highest BCUT2D eigenvalue weighted by molar-refractivity contribution is 5.95. The van der Waals surface area contributed by atoms with Crippen molar-refractivity contribution in [3.05, 3.63) is 36.3 Å². The van der Waals surface area contributed by atoms with Gasteiger partial charge in [-0.05, 0) is 71.8 Å². The SMILES string of the molecule is CC(C)=O.CNC.NCC(=O)N1C2CCC1CN(c1ccc(Nc3ncc4cc(C=O)n(C5CCCCC5)c4n3)nc1)C(=O)C2. The number of aromatic nitrogens is 4. The van der Waals surface area contributed by atoms with Crippen LogP contribution in [0.4, 0.5) is 17.5 Å². The third kappa shape index (κ3) is 8.08. The van der Waals surface area contributed by atoms with Gasteiger partial charge in [-0.2, -0.15) is 4.98 Å². The summed E-state index contributed by atoms with van der Waals surface area (Å²) in [6.45, 7) is 3.45. The number of carbonyl (C=O) groups excluding carboxylic acids is 4. The molecule has 6 rings (SSSR count). The van der Waals surface area contributed by atoms with E-state index in [0.717, 1.165) is 55.8 Å². The fraction of sp³-hybridized carbons (Fsp3) is 0.531. The molecule has 2 saturated heterocycles. The highest BCUT2D eigenvalue weighted by Gasteiger charge is 2.42.